The summed E-state index contributed by atoms with van der Waals surface area (Å²) in [6.45, 7) is 8.33. The molecule has 1 fully saturated rings. The zero-order chi connectivity index (χ0) is 13.8. The van der Waals surface area contributed by atoms with E-state index in [1.54, 1.807) is 0 Å². The van der Waals surface area contributed by atoms with E-state index in [0.29, 0.717) is 6.04 Å². The van der Waals surface area contributed by atoms with Gasteiger partial charge in [0.05, 0.1) is 0 Å². The van der Waals surface area contributed by atoms with Crippen molar-refractivity contribution < 1.29 is 0 Å². The molecule has 0 saturated carbocycles. The minimum absolute atomic E-state index is 0.347. The largest absolute Gasteiger partial charge is 0.313 e. The molecule has 0 spiro atoms. The van der Waals surface area contributed by atoms with E-state index >= 15 is 0 Å². The lowest BCUT2D eigenvalue weighted by atomic mass is 10.0. The Balaban J connectivity index is 1.92. The standard InChI is InChI=1S/C16H25ClN2/c1-12-10-19(11-13(12)2)9-8-16(18-3)14-6-4-5-7-15(14)17/h4-7,12-13,16,18H,8-11H2,1-3H3. The van der Waals surface area contributed by atoms with E-state index in [4.69, 9.17) is 11.6 Å². The number of hydrogen-bond acceptors (Lipinski definition) is 2. The van der Waals surface area contributed by atoms with Gasteiger partial charge in [-0.15, -0.1) is 0 Å². The van der Waals surface area contributed by atoms with Crippen LogP contribution in [0.3, 0.4) is 0 Å². The van der Waals surface area contributed by atoms with Gasteiger partial charge >= 0.3 is 0 Å². The van der Waals surface area contributed by atoms with Crippen molar-refractivity contribution in [1.29, 1.82) is 0 Å². The maximum atomic E-state index is 6.29. The van der Waals surface area contributed by atoms with Crippen molar-refractivity contribution in [2.24, 2.45) is 11.8 Å². The topological polar surface area (TPSA) is 15.3 Å². The van der Waals surface area contributed by atoms with Crippen molar-refractivity contribution in [3.05, 3.63) is 34.9 Å². The van der Waals surface area contributed by atoms with Crippen LogP contribution in [-0.2, 0) is 0 Å². The van der Waals surface area contributed by atoms with Crippen LogP contribution < -0.4 is 5.32 Å². The highest BCUT2D eigenvalue weighted by Gasteiger charge is 2.26. The van der Waals surface area contributed by atoms with Crippen LogP contribution in [0.15, 0.2) is 24.3 Å². The summed E-state index contributed by atoms with van der Waals surface area (Å²) < 4.78 is 0. The maximum Gasteiger partial charge on any atom is 0.0453 e. The van der Waals surface area contributed by atoms with Gasteiger partial charge in [-0.3, -0.25) is 0 Å². The van der Waals surface area contributed by atoms with Crippen LogP contribution >= 0.6 is 11.6 Å². The summed E-state index contributed by atoms with van der Waals surface area (Å²) >= 11 is 6.29. The lowest BCUT2D eigenvalue weighted by Crippen LogP contribution is -2.27. The van der Waals surface area contributed by atoms with Gasteiger partial charge in [0.2, 0.25) is 0 Å². The van der Waals surface area contributed by atoms with Gasteiger partial charge in [0.25, 0.3) is 0 Å². The Morgan fingerprint density at radius 3 is 2.47 bits per heavy atom. The Bertz CT molecular complexity index is 397. The monoisotopic (exact) mass is 280 g/mol. The molecule has 0 bridgehead atoms. The zero-order valence-electron chi connectivity index (χ0n) is 12.2. The van der Waals surface area contributed by atoms with Crippen LogP contribution in [0.1, 0.15) is 31.9 Å². The minimum atomic E-state index is 0.347. The maximum absolute atomic E-state index is 6.29. The van der Waals surface area contributed by atoms with Crippen LogP contribution in [-0.4, -0.2) is 31.6 Å². The lowest BCUT2D eigenvalue weighted by Gasteiger charge is -2.22. The molecule has 3 unspecified atom stereocenters. The molecule has 19 heavy (non-hydrogen) atoms. The highest BCUT2D eigenvalue weighted by molar-refractivity contribution is 6.31. The number of nitrogens with zero attached hydrogens (tertiary/aromatic N) is 1. The van der Waals surface area contributed by atoms with E-state index in [2.05, 4.69) is 36.2 Å². The smallest absolute Gasteiger partial charge is 0.0453 e. The van der Waals surface area contributed by atoms with Crippen LogP contribution in [0.4, 0.5) is 0 Å². The highest BCUT2D eigenvalue weighted by atomic mass is 35.5. The summed E-state index contributed by atoms with van der Waals surface area (Å²) in [7, 11) is 2.02. The number of benzene rings is 1. The molecule has 3 heteroatoms. The number of hydrogen-bond donors (Lipinski definition) is 1. The summed E-state index contributed by atoms with van der Waals surface area (Å²) in [6, 6.07) is 8.49. The molecule has 1 saturated heterocycles. The van der Waals surface area contributed by atoms with E-state index < -0.39 is 0 Å². The first-order chi connectivity index (χ1) is 9.11. The summed E-state index contributed by atoms with van der Waals surface area (Å²) in [5.74, 6) is 1.65. The zero-order valence-corrected chi connectivity index (χ0v) is 13.0. The Labute approximate surface area is 122 Å². The van der Waals surface area contributed by atoms with E-state index in [0.717, 1.165) is 29.8 Å². The van der Waals surface area contributed by atoms with Crippen molar-refractivity contribution in [2.75, 3.05) is 26.7 Å². The molecule has 2 rings (SSSR count). The van der Waals surface area contributed by atoms with Gasteiger partial charge < -0.3 is 10.2 Å². The van der Waals surface area contributed by atoms with Gasteiger partial charge in [0, 0.05) is 24.2 Å². The molecule has 1 aliphatic rings. The Hall–Kier alpha value is -0.570. The summed E-state index contributed by atoms with van der Waals surface area (Å²) in [4.78, 5) is 2.58. The second-order valence-corrected chi connectivity index (χ2v) is 6.27. The first kappa shape index (κ1) is 14.8. The first-order valence-corrected chi connectivity index (χ1v) is 7.63. The van der Waals surface area contributed by atoms with E-state index in [9.17, 15) is 0 Å². The van der Waals surface area contributed by atoms with E-state index in [1.807, 2.05) is 19.2 Å². The predicted molar refractivity (Wildman–Crippen MR) is 82.6 cm³/mol. The fourth-order valence-electron chi connectivity index (χ4n) is 2.96. The second kappa shape index (κ2) is 6.74. The van der Waals surface area contributed by atoms with Crippen molar-refractivity contribution in [2.45, 2.75) is 26.3 Å². The van der Waals surface area contributed by atoms with Crippen molar-refractivity contribution in [3.8, 4) is 0 Å². The van der Waals surface area contributed by atoms with E-state index in [-0.39, 0.29) is 0 Å². The summed E-state index contributed by atoms with van der Waals surface area (Å²) in [6.07, 6.45) is 1.11. The molecule has 1 aromatic carbocycles. The van der Waals surface area contributed by atoms with E-state index in [1.165, 1.54) is 18.7 Å². The van der Waals surface area contributed by atoms with Crippen molar-refractivity contribution in [3.63, 3.8) is 0 Å². The van der Waals surface area contributed by atoms with Crippen LogP contribution in [0.25, 0.3) is 0 Å². The molecule has 0 aliphatic carbocycles. The lowest BCUT2D eigenvalue weighted by molar-refractivity contribution is 0.301. The van der Waals surface area contributed by atoms with Crippen LogP contribution in [0.5, 0.6) is 0 Å². The fourth-order valence-corrected chi connectivity index (χ4v) is 3.22. The fraction of sp³-hybridized carbons (Fsp3) is 0.625. The van der Waals surface area contributed by atoms with Gasteiger partial charge in [-0.05, 0) is 43.5 Å². The van der Waals surface area contributed by atoms with Gasteiger partial charge in [-0.25, -0.2) is 0 Å². The minimum Gasteiger partial charge on any atom is -0.313 e. The number of halogens is 1. The normalized spacial score (nSPS) is 25.7. The second-order valence-electron chi connectivity index (χ2n) is 5.87. The summed E-state index contributed by atoms with van der Waals surface area (Å²) in [5, 5.41) is 4.26. The molecule has 2 nitrogen and oxygen atoms in total. The van der Waals surface area contributed by atoms with Gasteiger partial charge in [-0.2, -0.15) is 0 Å². The molecular weight excluding hydrogens is 256 g/mol. The number of nitrogens with one attached hydrogen (secondary N) is 1. The average molecular weight is 281 g/mol. The third-order valence-electron chi connectivity index (χ3n) is 4.43. The quantitative estimate of drug-likeness (QED) is 0.887. The van der Waals surface area contributed by atoms with Gasteiger partial charge in [0.15, 0.2) is 0 Å². The SMILES string of the molecule is CNC(CCN1CC(C)C(C)C1)c1ccccc1Cl. The molecule has 1 aliphatic heterocycles. The van der Waals surface area contributed by atoms with Crippen molar-refractivity contribution >= 4 is 11.6 Å². The molecule has 1 heterocycles. The highest BCUT2D eigenvalue weighted by Crippen LogP contribution is 2.27. The van der Waals surface area contributed by atoms with Crippen molar-refractivity contribution in [1.82, 2.24) is 10.2 Å². The average Bonchev–Trinajstić information content (AvgIpc) is 2.71. The van der Waals surface area contributed by atoms with Crippen LogP contribution in [0, 0.1) is 11.8 Å². The Morgan fingerprint density at radius 1 is 1.26 bits per heavy atom. The molecular formula is C16H25ClN2. The molecule has 1 N–H and O–H groups in total. The third kappa shape index (κ3) is 3.71. The molecule has 0 aromatic heterocycles. The molecule has 106 valence electrons. The number of rotatable bonds is 5. The molecule has 0 radical (unpaired) electrons. The predicted octanol–water partition coefficient (Wildman–Crippen LogP) is 3.58. The van der Waals surface area contributed by atoms with Gasteiger partial charge in [0.1, 0.15) is 0 Å². The first-order valence-electron chi connectivity index (χ1n) is 7.26. The Kier molecular flexibility index (Phi) is 5.26. The van der Waals surface area contributed by atoms with Gasteiger partial charge in [-0.1, -0.05) is 43.6 Å². The molecule has 0 amide bonds. The van der Waals surface area contributed by atoms with Crippen LogP contribution in [0.2, 0.25) is 5.02 Å². The summed E-state index contributed by atoms with van der Waals surface area (Å²) in [5.41, 5.74) is 1.21. The molecule has 3 atom stereocenters. The molecule has 1 aromatic rings. The third-order valence-corrected chi connectivity index (χ3v) is 4.77. The Morgan fingerprint density at radius 2 is 1.89 bits per heavy atom. The number of likely N-dealkylation sites (tertiary alicyclic amines) is 1.